The summed E-state index contributed by atoms with van der Waals surface area (Å²) < 4.78 is 28.6. The minimum Gasteiger partial charge on any atom is -0.479 e. The Morgan fingerprint density at radius 3 is 1.17 bits per heavy atom. The molecule has 480 valence electrons. The second kappa shape index (κ2) is 58.8. The molecule has 0 aliphatic carbocycles. The van der Waals surface area contributed by atoms with Crippen molar-refractivity contribution >= 4 is 23.9 Å². The highest BCUT2D eigenvalue weighted by Gasteiger charge is 2.50. The maximum atomic E-state index is 13.2. The van der Waals surface area contributed by atoms with E-state index in [-0.39, 0.29) is 25.9 Å². The number of allylic oxidation sites excluding steroid dienone is 10. The van der Waals surface area contributed by atoms with E-state index in [1.165, 1.54) is 141 Å². The molecule has 12 nitrogen and oxygen atoms in total. The fourth-order valence-corrected chi connectivity index (χ4v) is 10.4. The molecule has 0 bridgehead atoms. The summed E-state index contributed by atoms with van der Waals surface area (Å²) in [5.41, 5.74) is 0. The van der Waals surface area contributed by atoms with Gasteiger partial charge in [-0.3, -0.25) is 14.4 Å². The minimum absolute atomic E-state index is 0.0556. The summed E-state index contributed by atoms with van der Waals surface area (Å²) in [6.07, 6.45) is 61.7. The highest BCUT2D eigenvalue weighted by Crippen LogP contribution is 2.27. The van der Waals surface area contributed by atoms with Gasteiger partial charge in [-0.1, -0.05) is 274 Å². The van der Waals surface area contributed by atoms with E-state index in [1.807, 2.05) is 0 Å². The number of carbonyl (C=O) groups is 4. The zero-order valence-electron chi connectivity index (χ0n) is 53.2. The number of carboxylic acids is 1. The van der Waals surface area contributed by atoms with E-state index in [0.29, 0.717) is 19.3 Å². The third kappa shape index (κ3) is 48.3. The molecule has 83 heavy (non-hydrogen) atoms. The van der Waals surface area contributed by atoms with Crippen molar-refractivity contribution in [3.05, 3.63) is 60.8 Å². The maximum Gasteiger partial charge on any atom is 0.335 e. The van der Waals surface area contributed by atoms with Gasteiger partial charge in [-0.15, -0.1) is 0 Å². The first kappa shape index (κ1) is 77.4. The minimum atomic E-state index is -1.91. The average Bonchev–Trinajstić information content (AvgIpc) is 3.59. The molecule has 0 aromatic carbocycles. The lowest BCUT2D eigenvalue weighted by Gasteiger charge is -2.40. The van der Waals surface area contributed by atoms with E-state index < -0.39 is 67.3 Å². The smallest absolute Gasteiger partial charge is 0.335 e. The van der Waals surface area contributed by atoms with Crippen LogP contribution in [-0.2, 0) is 42.9 Å². The lowest BCUT2D eigenvalue weighted by molar-refractivity contribution is -0.301. The van der Waals surface area contributed by atoms with Crippen LogP contribution in [0.3, 0.4) is 0 Å². The van der Waals surface area contributed by atoms with Crippen LogP contribution in [0.4, 0.5) is 0 Å². The molecule has 0 amide bonds. The van der Waals surface area contributed by atoms with Gasteiger partial charge < -0.3 is 39.0 Å². The number of carboxylic acid groups (broad SMARTS) is 1. The van der Waals surface area contributed by atoms with E-state index in [4.69, 9.17) is 23.7 Å². The Bertz CT molecular complexity index is 1670. The molecular formula is C71H124O12. The second-order valence-corrected chi connectivity index (χ2v) is 23.4. The van der Waals surface area contributed by atoms with Gasteiger partial charge in [0.25, 0.3) is 0 Å². The Hall–Kier alpha value is -3.58. The average molecular weight is 1170 g/mol. The van der Waals surface area contributed by atoms with Crippen molar-refractivity contribution < 1.29 is 58.2 Å². The summed E-state index contributed by atoms with van der Waals surface area (Å²) in [7, 11) is 0. The summed E-state index contributed by atoms with van der Waals surface area (Å²) in [5.74, 6) is -3.11. The van der Waals surface area contributed by atoms with Gasteiger partial charge in [0.15, 0.2) is 24.6 Å². The first-order valence-corrected chi connectivity index (χ1v) is 34.3. The number of carbonyl (C=O) groups excluding carboxylic acids is 3. The van der Waals surface area contributed by atoms with Crippen LogP contribution in [0, 0.1) is 0 Å². The van der Waals surface area contributed by atoms with Crippen molar-refractivity contribution in [2.45, 2.75) is 353 Å². The van der Waals surface area contributed by atoms with Gasteiger partial charge in [0, 0.05) is 19.3 Å². The van der Waals surface area contributed by atoms with Crippen LogP contribution in [0.25, 0.3) is 0 Å². The van der Waals surface area contributed by atoms with Crippen molar-refractivity contribution in [1.29, 1.82) is 0 Å². The topological polar surface area (TPSA) is 175 Å². The molecule has 6 atom stereocenters. The number of aliphatic hydroxyl groups is 2. The quantitative estimate of drug-likeness (QED) is 0.0228. The molecule has 3 N–H and O–H groups in total. The van der Waals surface area contributed by atoms with Crippen molar-refractivity contribution in [3.63, 3.8) is 0 Å². The van der Waals surface area contributed by atoms with Gasteiger partial charge in [-0.05, 0) is 83.5 Å². The summed E-state index contributed by atoms with van der Waals surface area (Å²) >= 11 is 0. The monoisotopic (exact) mass is 1170 g/mol. The van der Waals surface area contributed by atoms with Crippen LogP contribution in [0.5, 0.6) is 0 Å². The van der Waals surface area contributed by atoms with Crippen molar-refractivity contribution in [3.8, 4) is 0 Å². The number of unbranched alkanes of at least 4 members (excludes halogenated alkanes) is 35. The number of aliphatic carboxylic acids is 1. The highest BCUT2D eigenvalue weighted by molar-refractivity contribution is 5.74. The zero-order valence-corrected chi connectivity index (χ0v) is 53.2. The molecule has 0 aromatic heterocycles. The number of aliphatic hydroxyl groups excluding tert-OH is 2. The standard InChI is InChI=1S/C71H124O12/c1-4-7-10-13-16-19-22-25-28-31-32-35-36-39-42-45-48-51-54-57-63(72)79-60-62(81-64(73)58-55-52-49-46-43-40-37-33-29-26-23-20-17-14-11-8-5-2)61-80-71-69(67(76)66(75)68(83-71)70(77)78)82-65(74)59-56-53-50-47-44-41-38-34-30-27-24-21-18-15-12-9-6-3/h7,10,16,19,25,27-28,30,32,35,62,66-69,71,75-76H,4-6,8-9,11-15,17-18,20-24,26,29,31,33-34,36-61H2,1-3H3,(H,77,78)/b10-7-,19-16-,28-25-,30-27-,35-32-. The van der Waals surface area contributed by atoms with Crippen LogP contribution in [0.2, 0.25) is 0 Å². The normalized spacial score (nSPS) is 17.9. The third-order valence-electron chi connectivity index (χ3n) is 15.6. The fourth-order valence-electron chi connectivity index (χ4n) is 10.4. The summed E-state index contributed by atoms with van der Waals surface area (Å²) in [4.78, 5) is 51.4. The molecule has 1 rings (SSSR count). The van der Waals surface area contributed by atoms with Gasteiger partial charge in [0.2, 0.25) is 0 Å². The van der Waals surface area contributed by atoms with Gasteiger partial charge in [-0.2, -0.15) is 0 Å². The number of rotatable bonds is 59. The molecule has 1 heterocycles. The van der Waals surface area contributed by atoms with Crippen molar-refractivity contribution in [2.75, 3.05) is 13.2 Å². The fraction of sp³-hybridized carbons (Fsp3) is 0.803. The SMILES string of the molecule is CC/C=C\C/C=C\C/C=C\C/C=C\CCCCCCCCC(=O)OCC(COC1OC(C(=O)O)C(O)C(O)C1OC(=O)CCCCCCCCC/C=C\CCCCCCCC)OC(=O)CCCCCCCCCCCCCCCCCCC. The highest BCUT2D eigenvalue weighted by atomic mass is 16.7. The first-order chi connectivity index (χ1) is 40.6. The lowest BCUT2D eigenvalue weighted by Crippen LogP contribution is -2.61. The molecular weight excluding hydrogens is 1040 g/mol. The molecule has 1 aliphatic rings. The molecule has 1 saturated heterocycles. The first-order valence-electron chi connectivity index (χ1n) is 34.3. The van der Waals surface area contributed by atoms with Gasteiger partial charge in [0.05, 0.1) is 6.61 Å². The Morgan fingerprint density at radius 2 is 0.759 bits per heavy atom. The number of hydrogen-bond acceptors (Lipinski definition) is 11. The van der Waals surface area contributed by atoms with E-state index in [1.54, 1.807) is 0 Å². The predicted molar refractivity (Wildman–Crippen MR) is 340 cm³/mol. The number of esters is 3. The van der Waals surface area contributed by atoms with Gasteiger partial charge in [-0.25, -0.2) is 4.79 Å². The van der Waals surface area contributed by atoms with Gasteiger partial charge in [0.1, 0.15) is 18.8 Å². The number of hydrogen-bond donors (Lipinski definition) is 3. The Balaban J connectivity index is 2.65. The predicted octanol–water partition coefficient (Wildman–Crippen LogP) is 18.7. The van der Waals surface area contributed by atoms with E-state index in [0.717, 1.165) is 116 Å². The number of ether oxygens (including phenoxy) is 5. The Morgan fingerprint density at radius 1 is 0.410 bits per heavy atom. The second-order valence-electron chi connectivity index (χ2n) is 23.4. The molecule has 12 heteroatoms. The van der Waals surface area contributed by atoms with Crippen LogP contribution in [-0.4, -0.2) is 89.2 Å². The zero-order chi connectivity index (χ0) is 60.3. The van der Waals surface area contributed by atoms with Crippen LogP contribution in [0.15, 0.2) is 60.8 Å². The largest absolute Gasteiger partial charge is 0.479 e. The third-order valence-corrected chi connectivity index (χ3v) is 15.6. The van der Waals surface area contributed by atoms with E-state index in [2.05, 4.69) is 81.5 Å². The molecule has 0 aromatic rings. The van der Waals surface area contributed by atoms with E-state index in [9.17, 15) is 34.5 Å². The molecule has 6 unspecified atom stereocenters. The summed E-state index contributed by atoms with van der Waals surface area (Å²) in [6.45, 7) is 5.92. The maximum absolute atomic E-state index is 13.2. The van der Waals surface area contributed by atoms with Crippen LogP contribution < -0.4 is 0 Å². The van der Waals surface area contributed by atoms with Crippen molar-refractivity contribution in [1.82, 2.24) is 0 Å². The molecule has 1 aliphatic heterocycles. The molecule has 1 fully saturated rings. The molecule has 0 saturated carbocycles. The lowest BCUT2D eigenvalue weighted by atomic mass is 9.98. The summed E-state index contributed by atoms with van der Waals surface area (Å²) in [6, 6.07) is 0. The molecule has 0 spiro atoms. The van der Waals surface area contributed by atoms with E-state index >= 15 is 0 Å². The van der Waals surface area contributed by atoms with Crippen LogP contribution >= 0.6 is 0 Å². The van der Waals surface area contributed by atoms with Crippen LogP contribution in [0.1, 0.15) is 316 Å². The Labute approximate surface area is 506 Å². The van der Waals surface area contributed by atoms with Gasteiger partial charge >= 0.3 is 23.9 Å². The summed E-state index contributed by atoms with van der Waals surface area (Å²) in [5, 5.41) is 31.6. The molecule has 0 radical (unpaired) electrons. The Kier molecular flexibility index (Phi) is 54.8. The van der Waals surface area contributed by atoms with Crippen molar-refractivity contribution in [2.24, 2.45) is 0 Å².